The molecule has 0 aliphatic carbocycles. The van der Waals surface area contributed by atoms with Crippen LogP contribution >= 0.6 is 11.3 Å². The second-order valence-corrected chi connectivity index (χ2v) is 3.85. The Morgan fingerprint density at radius 3 is 2.79 bits per heavy atom. The molecule has 14 heavy (non-hydrogen) atoms. The maximum absolute atomic E-state index is 12.1. The van der Waals surface area contributed by atoms with Crippen LogP contribution in [0, 0.1) is 5.92 Å². The number of carbonyl (C=O) groups is 1. The van der Waals surface area contributed by atoms with Gasteiger partial charge in [0.2, 0.25) is 0 Å². The highest BCUT2D eigenvalue weighted by molar-refractivity contribution is 7.09. The maximum atomic E-state index is 12.1. The molecule has 78 valence electrons. The van der Waals surface area contributed by atoms with Crippen LogP contribution in [0.4, 0.5) is 8.78 Å². The van der Waals surface area contributed by atoms with E-state index >= 15 is 0 Å². The van der Waals surface area contributed by atoms with Crippen LogP contribution in [-0.4, -0.2) is 16.1 Å². The molecule has 0 aromatic carbocycles. The maximum Gasteiger partial charge on any atom is 0.306 e. The number of alkyl halides is 2. The summed E-state index contributed by atoms with van der Waals surface area (Å²) in [6.45, 7) is 1.52. The van der Waals surface area contributed by atoms with Crippen molar-refractivity contribution in [1.29, 1.82) is 0 Å². The molecule has 1 N–H and O–H groups in total. The number of nitrogens with zero attached hydrogens (tertiary/aromatic N) is 1. The molecule has 6 heteroatoms. The van der Waals surface area contributed by atoms with E-state index in [-0.39, 0.29) is 12.1 Å². The minimum absolute atomic E-state index is 0.201. The van der Waals surface area contributed by atoms with Crippen LogP contribution in [0.1, 0.15) is 24.1 Å². The number of aliphatic carboxylic acids is 1. The topological polar surface area (TPSA) is 50.2 Å². The molecule has 0 spiro atoms. The normalized spacial score (nSPS) is 13.1. The molecule has 0 saturated heterocycles. The van der Waals surface area contributed by atoms with E-state index in [1.807, 2.05) is 0 Å². The first kappa shape index (κ1) is 11.0. The lowest BCUT2D eigenvalue weighted by Gasteiger charge is -2.01. The van der Waals surface area contributed by atoms with Crippen molar-refractivity contribution in [3.8, 4) is 0 Å². The van der Waals surface area contributed by atoms with Gasteiger partial charge in [0.15, 0.2) is 0 Å². The fourth-order valence-electron chi connectivity index (χ4n) is 0.868. The van der Waals surface area contributed by atoms with Crippen molar-refractivity contribution in [2.75, 3.05) is 0 Å². The molecule has 0 amide bonds. The smallest absolute Gasteiger partial charge is 0.306 e. The molecule has 0 aliphatic rings. The summed E-state index contributed by atoms with van der Waals surface area (Å²) in [7, 11) is 0. The molecule has 1 atom stereocenters. The van der Waals surface area contributed by atoms with E-state index in [9.17, 15) is 13.6 Å². The predicted molar refractivity (Wildman–Crippen MR) is 47.6 cm³/mol. The average molecular weight is 221 g/mol. The third-order valence-corrected chi connectivity index (χ3v) is 2.58. The third kappa shape index (κ3) is 2.73. The molecular formula is C8H9F2NO2S. The lowest BCUT2D eigenvalue weighted by atomic mass is 10.1. The van der Waals surface area contributed by atoms with Crippen molar-refractivity contribution in [2.24, 2.45) is 5.92 Å². The Morgan fingerprint density at radius 2 is 2.36 bits per heavy atom. The van der Waals surface area contributed by atoms with Crippen molar-refractivity contribution >= 4 is 17.3 Å². The molecule has 0 aliphatic heterocycles. The second kappa shape index (κ2) is 4.45. The fourth-order valence-corrected chi connectivity index (χ4v) is 1.79. The van der Waals surface area contributed by atoms with Crippen LogP contribution in [0.2, 0.25) is 0 Å². The molecule has 1 heterocycles. The van der Waals surface area contributed by atoms with Gasteiger partial charge in [-0.05, 0) is 0 Å². The summed E-state index contributed by atoms with van der Waals surface area (Å²) in [5.74, 6) is -1.54. The van der Waals surface area contributed by atoms with Gasteiger partial charge in [0, 0.05) is 11.8 Å². The number of aromatic nitrogens is 1. The Labute approximate surface area is 83.4 Å². The van der Waals surface area contributed by atoms with Crippen LogP contribution in [-0.2, 0) is 11.2 Å². The fraction of sp³-hybridized carbons (Fsp3) is 0.500. The number of carboxylic acids is 1. The summed E-state index contributed by atoms with van der Waals surface area (Å²) in [5, 5.41) is 10.3. The Hall–Kier alpha value is -1.04. The predicted octanol–water partition coefficient (Wildman–Crippen LogP) is 2.34. The Kier molecular flexibility index (Phi) is 3.51. The first-order valence-electron chi connectivity index (χ1n) is 3.96. The van der Waals surface area contributed by atoms with E-state index in [0.29, 0.717) is 5.01 Å². The monoisotopic (exact) mass is 221 g/mol. The highest BCUT2D eigenvalue weighted by Crippen LogP contribution is 2.22. The van der Waals surface area contributed by atoms with Crippen molar-refractivity contribution in [3.63, 3.8) is 0 Å². The van der Waals surface area contributed by atoms with E-state index in [2.05, 4.69) is 4.98 Å². The lowest BCUT2D eigenvalue weighted by molar-refractivity contribution is -0.141. The van der Waals surface area contributed by atoms with Crippen molar-refractivity contribution in [2.45, 2.75) is 19.8 Å². The number of hydrogen-bond acceptors (Lipinski definition) is 3. The summed E-state index contributed by atoms with van der Waals surface area (Å²) in [4.78, 5) is 14.1. The van der Waals surface area contributed by atoms with Gasteiger partial charge in [0.1, 0.15) is 5.69 Å². The molecule has 0 bridgehead atoms. The molecule has 3 nitrogen and oxygen atoms in total. The summed E-state index contributed by atoms with van der Waals surface area (Å²) >= 11 is 1.07. The first-order chi connectivity index (χ1) is 6.50. The van der Waals surface area contributed by atoms with Crippen molar-refractivity contribution in [1.82, 2.24) is 4.98 Å². The summed E-state index contributed by atoms with van der Waals surface area (Å²) in [6, 6.07) is 0. The largest absolute Gasteiger partial charge is 0.481 e. The summed E-state index contributed by atoms with van der Waals surface area (Å²) in [6.07, 6.45) is -2.38. The van der Waals surface area contributed by atoms with Crippen molar-refractivity contribution in [3.05, 3.63) is 16.1 Å². The summed E-state index contributed by atoms with van der Waals surface area (Å²) < 4.78 is 24.2. The Bertz CT molecular complexity index is 327. The van der Waals surface area contributed by atoms with E-state index < -0.39 is 18.3 Å². The molecule has 0 saturated carbocycles. The van der Waals surface area contributed by atoms with Gasteiger partial charge in [-0.25, -0.2) is 13.8 Å². The molecule has 1 unspecified atom stereocenters. The van der Waals surface area contributed by atoms with E-state index in [4.69, 9.17) is 5.11 Å². The molecule has 1 aromatic rings. The average Bonchev–Trinajstić information content (AvgIpc) is 2.52. The Balaban J connectivity index is 2.64. The van der Waals surface area contributed by atoms with Gasteiger partial charge < -0.3 is 5.11 Å². The van der Waals surface area contributed by atoms with Crippen molar-refractivity contribution < 1.29 is 18.7 Å². The first-order valence-corrected chi connectivity index (χ1v) is 4.84. The molecule has 0 radical (unpaired) electrons. The molecular weight excluding hydrogens is 212 g/mol. The number of rotatable bonds is 4. The lowest BCUT2D eigenvalue weighted by Crippen LogP contribution is -2.12. The van der Waals surface area contributed by atoms with E-state index in [1.54, 1.807) is 0 Å². The standard InChI is InChI=1S/C8H9F2NO2S/c1-4(8(12)13)2-6-11-5(3-14-6)7(9)10/h3-4,7H,2H2,1H3,(H,12,13). The number of carboxylic acid groups (broad SMARTS) is 1. The van der Waals surface area contributed by atoms with Gasteiger partial charge in [0.05, 0.1) is 10.9 Å². The minimum Gasteiger partial charge on any atom is -0.481 e. The Morgan fingerprint density at radius 1 is 1.71 bits per heavy atom. The number of hydrogen-bond donors (Lipinski definition) is 1. The zero-order chi connectivity index (χ0) is 10.7. The molecule has 0 fully saturated rings. The number of halogens is 2. The molecule has 1 rings (SSSR count). The minimum atomic E-state index is -2.58. The van der Waals surface area contributed by atoms with Gasteiger partial charge in [-0.15, -0.1) is 11.3 Å². The van der Waals surface area contributed by atoms with Crippen LogP contribution in [0.3, 0.4) is 0 Å². The van der Waals surface area contributed by atoms with Gasteiger partial charge in [0.25, 0.3) is 6.43 Å². The van der Waals surface area contributed by atoms with Crippen LogP contribution in [0.15, 0.2) is 5.38 Å². The highest BCUT2D eigenvalue weighted by atomic mass is 32.1. The number of thiazole rings is 1. The molecule has 1 aromatic heterocycles. The zero-order valence-electron chi connectivity index (χ0n) is 7.41. The van der Waals surface area contributed by atoms with Crippen LogP contribution < -0.4 is 0 Å². The SMILES string of the molecule is CC(Cc1nc(C(F)F)cs1)C(=O)O. The van der Waals surface area contributed by atoms with E-state index in [0.717, 1.165) is 11.3 Å². The summed E-state index contributed by atoms with van der Waals surface area (Å²) in [5.41, 5.74) is -0.275. The van der Waals surface area contributed by atoms with Gasteiger partial charge in [-0.2, -0.15) is 0 Å². The second-order valence-electron chi connectivity index (χ2n) is 2.91. The van der Waals surface area contributed by atoms with Gasteiger partial charge in [-0.3, -0.25) is 4.79 Å². The van der Waals surface area contributed by atoms with Crippen LogP contribution in [0.5, 0.6) is 0 Å². The zero-order valence-corrected chi connectivity index (χ0v) is 8.22. The quantitative estimate of drug-likeness (QED) is 0.849. The highest BCUT2D eigenvalue weighted by Gasteiger charge is 2.16. The third-order valence-electron chi connectivity index (χ3n) is 1.70. The van der Waals surface area contributed by atoms with Crippen LogP contribution in [0.25, 0.3) is 0 Å². The van der Waals surface area contributed by atoms with Gasteiger partial charge in [-0.1, -0.05) is 6.92 Å². The van der Waals surface area contributed by atoms with E-state index in [1.165, 1.54) is 12.3 Å². The van der Waals surface area contributed by atoms with Gasteiger partial charge >= 0.3 is 5.97 Å².